The summed E-state index contributed by atoms with van der Waals surface area (Å²) in [6.45, 7) is 0.582. The van der Waals surface area contributed by atoms with Crippen molar-refractivity contribution >= 4 is 11.8 Å². The predicted molar refractivity (Wildman–Crippen MR) is 61.8 cm³/mol. The van der Waals surface area contributed by atoms with E-state index in [0.717, 1.165) is 19.4 Å². The van der Waals surface area contributed by atoms with Crippen LogP contribution in [0.25, 0.3) is 0 Å². The minimum Gasteiger partial charge on any atom is -0.381 e. The number of nitrogens with one attached hydrogen (secondary N) is 2. The van der Waals surface area contributed by atoms with Crippen LogP contribution >= 0.6 is 0 Å². The summed E-state index contributed by atoms with van der Waals surface area (Å²) in [4.78, 5) is 26.2. The Hall–Kier alpha value is -2.00. The minimum absolute atomic E-state index is 0.0229. The van der Waals surface area contributed by atoms with Gasteiger partial charge in [0.25, 0.3) is 11.7 Å². The van der Waals surface area contributed by atoms with Gasteiger partial charge in [-0.05, 0) is 19.4 Å². The van der Waals surface area contributed by atoms with E-state index < -0.39 is 17.9 Å². The van der Waals surface area contributed by atoms with Crippen LogP contribution in [0.5, 0.6) is 0 Å². The molecular weight excluding hydrogens is 254 g/mol. The van der Waals surface area contributed by atoms with E-state index in [9.17, 15) is 9.59 Å². The van der Waals surface area contributed by atoms with Crippen LogP contribution in [0.15, 0.2) is 4.52 Å². The van der Waals surface area contributed by atoms with Crippen molar-refractivity contribution in [2.24, 2.45) is 5.73 Å². The Morgan fingerprint density at radius 1 is 1.63 bits per heavy atom. The Morgan fingerprint density at radius 3 is 3.05 bits per heavy atom. The van der Waals surface area contributed by atoms with Crippen molar-refractivity contribution in [3.63, 3.8) is 0 Å². The van der Waals surface area contributed by atoms with Gasteiger partial charge in [-0.1, -0.05) is 5.16 Å². The molecule has 0 radical (unpaired) electrons. The molecule has 1 fully saturated rings. The number of aliphatic hydroxyl groups excluding tert-OH is 1. The minimum atomic E-state index is -1.44. The van der Waals surface area contributed by atoms with E-state index in [1.165, 1.54) is 0 Å². The number of nitrogens with two attached hydrogens (primary N) is 1. The van der Waals surface area contributed by atoms with Gasteiger partial charge in [-0.25, -0.2) is 0 Å². The summed E-state index contributed by atoms with van der Waals surface area (Å²) in [7, 11) is 0. The summed E-state index contributed by atoms with van der Waals surface area (Å²) >= 11 is 0. The van der Waals surface area contributed by atoms with Crippen LogP contribution in [0, 0.1) is 0 Å². The number of primary amides is 1. The molecule has 1 aromatic rings. The molecule has 2 unspecified atom stereocenters. The summed E-state index contributed by atoms with van der Waals surface area (Å²) < 4.78 is 4.99. The summed E-state index contributed by atoms with van der Waals surface area (Å²) in [6, 6.07) is -0.0229. The number of aromatic nitrogens is 2. The summed E-state index contributed by atoms with van der Waals surface area (Å²) in [5.41, 5.74) is 4.85. The van der Waals surface area contributed by atoms with Crippen molar-refractivity contribution in [1.29, 1.82) is 0 Å². The number of carbonyl (C=O) groups is 2. The molecule has 104 valence electrons. The average Bonchev–Trinajstić information content (AvgIpc) is 3.04. The zero-order valence-electron chi connectivity index (χ0n) is 10.1. The first-order valence-corrected chi connectivity index (χ1v) is 5.90. The molecule has 19 heavy (non-hydrogen) atoms. The van der Waals surface area contributed by atoms with Crippen molar-refractivity contribution < 1.29 is 19.2 Å². The molecule has 0 aromatic carbocycles. The van der Waals surface area contributed by atoms with Gasteiger partial charge in [-0.15, -0.1) is 0 Å². The molecule has 0 spiro atoms. The van der Waals surface area contributed by atoms with Gasteiger partial charge in [0, 0.05) is 0 Å². The number of amides is 2. The first-order chi connectivity index (χ1) is 9.08. The van der Waals surface area contributed by atoms with Crippen LogP contribution in [0.4, 0.5) is 0 Å². The van der Waals surface area contributed by atoms with E-state index in [1.807, 2.05) is 0 Å². The molecule has 9 heteroatoms. The molecule has 2 amide bonds. The smallest absolute Gasteiger partial charge is 0.292 e. The second kappa shape index (κ2) is 5.76. The Labute approximate surface area is 108 Å². The number of carbonyl (C=O) groups excluding carboxylic acids is 2. The van der Waals surface area contributed by atoms with E-state index in [4.69, 9.17) is 15.4 Å². The molecular formula is C10H15N5O4. The molecule has 1 aliphatic rings. The first kappa shape index (κ1) is 13.4. The van der Waals surface area contributed by atoms with Crippen LogP contribution in [0.2, 0.25) is 0 Å². The van der Waals surface area contributed by atoms with Crippen molar-refractivity contribution in [2.75, 3.05) is 13.1 Å². The third kappa shape index (κ3) is 3.26. The van der Waals surface area contributed by atoms with E-state index in [2.05, 4.69) is 20.8 Å². The highest BCUT2D eigenvalue weighted by molar-refractivity contribution is 5.90. The lowest BCUT2D eigenvalue weighted by Gasteiger charge is -2.06. The molecule has 0 aliphatic carbocycles. The topological polar surface area (TPSA) is 143 Å². The maximum Gasteiger partial charge on any atom is 0.292 e. The Morgan fingerprint density at radius 2 is 2.42 bits per heavy atom. The van der Waals surface area contributed by atoms with Crippen LogP contribution in [-0.2, 0) is 4.79 Å². The number of nitrogens with zero attached hydrogens (tertiary/aromatic N) is 2. The van der Waals surface area contributed by atoms with Crippen LogP contribution in [0.1, 0.15) is 35.4 Å². The fourth-order valence-electron chi connectivity index (χ4n) is 1.73. The van der Waals surface area contributed by atoms with E-state index in [1.54, 1.807) is 0 Å². The molecule has 5 N–H and O–H groups in total. The second-order valence-electron chi connectivity index (χ2n) is 4.23. The molecule has 2 rings (SSSR count). The van der Waals surface area contributed by atoms with Crippen LogP contribution in [0.3, 0.4) is 0 Å². The Kier molecular flexibility index (Phi) is 4.07. The lowest BCUT2D eigenvalue weighted by molar-refractivity contribution is -0.125. The lowest BCUT2D eigenvalue weighted by atomic mass is 10.2. The first-order valence-electron chi connectivity index (χ1n) is 5.90. The predicted octanol–water partition coefficient (Wildman–Crippen LogP) is -1.93. The van der Waals surface area contributed by atoms with Gasteiger partial charge in [-0.3, -0.25) is 9.59 Å². The zero-order valence-corrected chi connectivity index (χ0v) is 10.1. The Bertz CT molecular complexity index is 468. The highest BCUT2D eigenvalue weighted by Gasteiger charge is 2.24. The average molecular weight is 269 g/mol. The zero-order chi connectivity index (χ0) is 13.8. The maximum atomic E-state index is 11.6. The maximum absolute atomic E-state index is 11.6. The fourth-order valence-corrected chi connectivity index (χ4v) is 1.73. The molecule has 1 aromatic heterocycles. The van der Waals surface area contributed by atoms with Gasteiger partial charge in [0.1, 0.15) is 6.10 Å². The van der Waals surface area contributed by atoms with Gasteiger partial charge in [0.15, 0.2) is 0 Å². The van der Waals surface area contributed by atoms with E-state index >= 15 is 0 Å². The quantitative estimate of drug-likeness (QED) is 0.487. The van der Waals surface area contributed by atoms with Gasteiger partial charge in [0.05, 0.1) is 12.6 Å². The van der Waals surface area contributed by atoms with Crippen LogP contribution in [-0.4, -0.2) is 46.3 Å². The number of aliphatic hydroxyl groups is 1. The third-order valence-electron chi connectivity index (χ3n) is 2.79. The monoisotopic (exact) mass is 269 g/mol. The molecule has 2 heterocycles. The largest absolute Gasteiger partial charge is 0.381 e. The Balaban J connectivity index is 1.90. The fraction of sp³-hybridized carbons (Fsp3) is 0.600. The van der Waals surface area contributed by atoms with Gasteiger partial charge in [-0.2, -0.15) is 4.98 Å². The van der Waals surface area contributed by atoms with E-state index in [0.29, 0.717) is 5.89 Å². The number of hydrogen-bond acceptors (Lipinski definition) is 7. The molecule has 1 saturated heterocycles. The number of rotatable bonds is 5. The molecule has 2 atom stereocenters. The van der Waals surface area contributed by atoms with Gasteiger partial charge >= 0.3 is 0 Å². The highest BCUT2D eigenvalue weighted by atomic mass is 16.5. The van der Waals surface area contributed by atoms with Crippen molar-refractivity contribution in [2.45, 2.75) is 25.0 Å². The molecule has 0 bridgehead atoms. The van der Waals surface area contributed by atoms with E-state index in [-0.39, 0.29) is 18.4 Å². The number of hydrogen-bond donors (Lipinski definition) is 4. The highest BCUT2D eigenvalue weighted by Crippen LogP contribution is 2.20. The van der Waals surface area contributed by atoms with Crippen molar-refractivity contribution in [3.8, 4) is 0 Å². The molecule has 9 nitrogen and oxygen atoms in total. The SMILES string of the molecule is NC(=O)C(O)CNC(=O)c1noc(C2CCCN2)n1. The molecule has 1 aliphatic heterocycles. The third-order valence-corrected chi connectivity index (χ3v) is 2.79. The van der Waals surface area contributed by atoms with Crippen molar-refractivity contribution in [3.05, 3.63) is 11.7 Å². The van der Waals surface area contributed by atoms with Crippen molar-refractivity contribution in [1.82, 2.24) is 20.8 Å². The van der Waals surface area contributed by atoms with Gasteiger partial charge in [0.2, 0.25) is 11.8 Å². The van der Waals surface area contributed by atoms with Gasteiger partial charge < -0.3 is 26.0 Å². The molecule has 0 saturated carbocycles. The lowest BCUT2D eigenvalue weighted by Crippen LogP contribution is -2.40. The second-order valence-corrected chi connectivity index (χ2v) is 4.23. The summed E-state index contributed by atoms with van der Waals surface area (Å²) in [5, 5.41) is 18.1. The van der Waals surface area contributed by atoms with Crippen LogP contribution < -0.4 is 16.4 Å². The standard InChI is InChI=1S/C10H15N5O4/c11-7(17)6(16)4-13-9(18)8-14-10(19-15-8)5-2-1-3-12-5/h5-6,12,16H,1-4H2,(H2,11,17)(H,13,18). The normalized spacial score (nSPS) is 20.2. The summed E-state index contributed by atoms with van der Waals surface area (Å²) in [5.74, 6) is -1.32. The summed E-state index contributed by atoms with van der Waals surface area (Å²) in [6.07, 6.45) is 0.454.